The number of hydrogen-bond acceptors (Lipinski definition) is 3. The highest BCUT2D eigenvalue weighted by atomic mass is 15.2. The fraction of sp³-hybridized carbons (Fsp3) is 0.688. The second-order valence-electron chi connectivity index (χ2n) is 5.98. The van der Waals surface area contributed by atoms with Gasteiger partial charge < -0.3 is 10.2 Å². The highest BCUT2D eigenvalue weighted by Gasteiger charge is 2.34. The van der Waals surface area contributed by atoms with Crippen LogP contribution in [0.2, 0.25) is 0 Å². The lowest BCUT2D eigenvalue weighted by molar-refractivity contribution is 0.430. The average molecular weight is 259 g/mol. The number of anilines is 1. The maximum absolute atomic E-state index is 4.29. The van der Waals surface area contributed by atoms with Gasteiger partial charge in [0.15, 0.2) is 0 Å². The Morgan fingerprint density at radius 3 is 2.89 bits per heavy atom. The lowest BCUT2D eigenvalue weighted by Gasteiger charge is -2.32. The van der Waals surface area contributed by atoms with Gasteiger partial charge in [0, 0.05) is 42.8 Å². The fourth-order valence-corrected chi connectivity index (χ4v) is 3.95. The van der Waals surface area contributed by atoms with Crippen LogP contribution < -0.4 is 10.2 Å². The van der Waals surface area contributed by atoms with Gasteiger partial charge in [0.05, 0.1) is 0 Å². The molecule has 1 saturated heterocycles. The van der Waals surface area contributed by atoms with Gasteiger partial charge in [0.2, 0.25) is 0 Å². The standard InChI is InChI=1S/C16H25N3/c1-17-11-14-12-18-9-8-16(14)19-10-4-7-15(19)13-5-2-3-6-13/h8-9,12-13,15,17H,2-7,10-11H2,1H3. The molecule has 1 N–H and O–H groups in total. The Bertz CT molecular complexity index is 412. The summed E-state index contributed by atoms with van der Waals surface area (Å²) >= 11 is 0. The first kappa shape index (κ1) is 12.9. The smallest absolute Gasteiger partial charge is 0.0445 e. The molecule has 1 aromatic heterocycles. The SMILES string of the molecule is CNCc1cnccc1N1CCCC1C1CCCC1. The average Bonchev–Trinajstić information content (AvgIpc) is 3.10. The first-order chi connectivity index (χ1) is 9.40. The number of aromatic nitrogens is 1. The highest BCUT2D eigenvalue weighted by Crippen LogP contribution is 2.38. The lowest BCUT2D eigenvalue weighted by atomic mass is 9.95. The molecule has 2 fully saturated rings. The summed E-state index contributed by atoms with van der Waals surface area (Å²) in [6.45, 7) is 2.14. The Hall–Kier alpha value is -1.09. The van der Waals surface area contributed by atoms with Crippen LogP contribution in [-0.2, 0) is 6.54 Å². The van der Waals surface area contributed by atoms with Gasteiger partial charge >= 0.3 is 0 Å². The third kappa shape index (κ3) is 2.62. The van der Waals surface area contributed by atoms with E-state index in [0.717, 1.165) is 18.5 Å². The fourth-order valence-electron chi connectivity index (χ4n) is 3.95. The molecule has 0 radical (unpaired) electrons. The van der Waals surface area contributed by atoms with E-state index >= 15 is 0 Å². The second kappa shape index (κ2) is 5.91. The molecule has 1 atom stereocenters. The number of nitrogens with one attached hydrogen (secondary N) is 1. The molecular weight excluding hydrogens is 234 g/mol. The molecule has 1 aliphatic carbocycles. The van der Waals surface area contributed by atoms with Gasteiger partial charge in [-0.3, -0.25) is 4.98 Å². The molecule has 1 aromatic rings. The largest absolute Gasteiger partial charge is 0.368 e. The van der Waals surface area contributed by atoms with E-state index < -0.39 is 0 Å². The molecule has 2 heterocycles. The van der Waals surface area contributed by atoms with Gasteiger partial charge in [-0.25, -0.2) is 0 Å². The van der Waals surface area contributed by atoms with Crippen LogP contribution in [0.4, 0.5) is 5.69 Å². The minimum Gasteiger partial charge on any atom is -0.368 e. The van der Waals surface area contributed by atoms with E-state index in [0.29, 0.717) is 0 Å². The van der Waals surface area contributed by atoms with Gasteiger partial charge in [0.25, 0.3) is 0 Å². The third-order valence-electron chi connectivity index (χ3n) is 4.80. The Morgan fingerprint density at radius 2 is 2.11 bits per heavy atom. The minimum absolute atomic E-state index is 0.778. The number of pyridine rings is 1. The monoisotopic (exact) mass is 259 g/mol. The maximum Gasteiger partial charge on any atom is 0.0445 e. The van der Waals surface area contributed by atoms with Crippen molar-refractivity contribution >= 4 is 5.69 Å². The summed E-state index contributed by atoms with van der Waals surface area (Å²) in [5, 5.41) is 3.27. The highest BCUT2D eigenvalue weighted by molar-refractivity contribution is 5.54. The molecule has 2 aliphatic rings. The van der Waals surface area contributed by atoms with Crippen molar-refractivity contribution in [3.05, 3.63) is 24.0 Å². The Labute approximate surface area is 116 Å². The molecule has 3 rings (SSSR count). The van der Waals surface area contributed by atoms with E-state index in [1.165, 1.54) is 56.3 Å². The van der Waals surface area contributed by atoms with Crippen LogP contribution in [0.5, 0.6) is 0 Å². The van der Waals surface area contributed by atoms with E-state index in [9.17, 15) is 0 Å². The van der Waals surface area contributed by atoms with E-state index in [1.54, 1.807) is 0 Å². The molecule has 0 amide bonds. The van der Waals surface area contributed by atoms with E-state index in [-0.39, 0.29) is 0 Å². The predicted molar refractivity (Wildman–Crippen MR) is 79.3 cm³/mol. The first-order valence-electron chi connectivity index (χ1n) is 7.74. The van der Waals surface area contributed by atoms with Crippen LogP contribution in [0.15, 0.2) is 18.5 Å². The van der Waals surface area contributed by atoms with Crippen molar-refractivity contribution in [1.82, 2.24) is 10.3 Å². The molecule has 0 spiro atoms. The van der Waals surface area contributed by atoms with Crippen LogP contribution in [0.25, 0.3) is 0 Å². The zero-order valence-electron chi connectivity index (χ0n) is 11.9. The van der Waals surface area contributed by atoms with Crippen LogP contribution >= 0.6 is 0 Å². The van der Waals surface area contributed by atoms with Crippen LogP contribution in [-0.4, -0.2) is 24.6 Å². The molecule has 1 saturated carbocycles. The Kier molecular flexibility index (Phi) is 4.02. The van der Waals surface area contributed by atoms with Crippen LogP contribution in [0, 0.1) is 5.92 Å². The van der Waals surface area contributed by atoms with Crippen LogP contribution in [0.1, 0.15) is 44.1 Å². The van der Waals surface area contributed by atoms with Crippen molar-refractivity contribution in [3.8, 4) is 0 Å². The van der Waals surface area contributed by atoms with E-state index in [4.69, 9.17) is 0 Å². The van der Waals surface area contributed by atoms with Crippen molar-refractivity contribution in [2.24, 2.45) is 5.92 Å². The zero-order valence-corrected chi connectivity index (χ0v) is 11.9. The quantitative estimate of drug-likeness (QED) is 0.901. The van der Waals surface area contributed by atoms with Crippen molar-refractivity contribution in [2.45, 2.75) is 51.1 Å². The molecule has 104 valence electrons. The number of rotatable bonds is 4. The van der Waals surface area contributed by atoms with Crippen molar-refractivity contribution in [2.75, 3.05) is 18.5 Å². The first-order valence-corrected chi connectivity index (χ1v) is 7.74. The molecule has 3 heteroatoms. The van der Waals surface area contributed by atoms with E-state index in [1.807, 2.05) is 19.4 Å². The molecular formula is C16H25N3. The maximum atomic E-state index is 4.29. The molecule has 3 nitrogen and oxygen atoms in total. The van der Waals surface area contributed by atoms with Gasteiger partial charge in [-0.15, -0.1) is 0 Å². The molecule has 1 aliphatic heterocycles. The van der Waals surface area contributed by atoms with Gasteiger partial charge in [0.1, 0.15) is 0 Å². The lowest BCUT2D eigenvalue weighted by Crippen LogP contribution is -2.35. The van der Waals surface area contributed by atoms with Gasteiger partial charge in [-0.2, -0.15) is 0 Å². The number of nitrogens with zero attached hydrogens (tertiary/aromatic N) is 2. The van der Waals surface area contributed by atoms with Gasteiger partial charge in [-0.05, 0) is 44.7 Å². The van der Waals surface area contributed by atoms with Gasteiger partial charge in [-0.1, -0.05) is 12.8 Å². The summed E-state index contributed by atoms with van der Waals surface area (Å²) in [6.07, 6.45) is 12.5. The summed E-state index contributed by atoms with van der Waals surface area (Å²) in [6, 6.07) is 2.99. The summed E-state index contributed by atoms with van der Waals surface area (Å²) in [4.78, 5) is 6.96. The zero-order chi connectivity index (χ0) is 13.1. The normalized spacial score (nSPS) is 24.3. The number of hydrogen-bond donors (Lipinski definition) is 1. The molecule has 1 unspecified atom stereocenters. The minimum atomic E-state index is 0.778. The Morgan fingerprint density at radius 1 is 1.26 bits per heavy atom. The molecule has 0 aromatic carbocycles. The van der Waals surface area contributed by atoms with Crippen molar-refractivity contribution < 1.29 is 0 Å². The summed E-state index contributed by atoms with van der Waals surface area (Å²) in [5.41, 5.74) is 2.76. The van der Waals surface area contributed by atoms with E-state index in [2.05, 4.69) is 21.3 Å². The Balaban J connectivity index is 1.83. The van der Waals surface area contributed by atoms with Crippen molar-refractivity contribution in [3.63, 3.8) is 0 Å². The van der Waals surface area contributed by atoms with Crippen LogP contribution in [0.3, 0.4) is 0 Å². The molecule has 0 bridgehead atoms. The van der Waals surface area contributed by atoms with Crippen molar-refractivity contribution in [1.29, 1.82) is 0 Å². The summed E-state index contributed by atoms with van der Waals surface area (Å²) in [7, 11) is 2.01. The molecule has 19 heavy (non-hydrogen) atoms. The second-order valence-corrected chi connectivity index (χ2v) is 5.98. The predicted octanol–water partition coefficient (Wildman–Crippen LogP) is 2.96. The third-order valence-corrected chi connectivity index (χ3v) is 4.80. The summed E-state index contributed by atoms with van der Waals surface area (Å²) in [5.74, 6) is 0.929. The summed E-state index contributed by atoms with van der Waals surface area (Å²) < 4.78 is 0. The topological polar surface area (TPSA) is 28.2 Å².